The molecule has 0 aliphatic carbocycles. The van der Waals surface area contributed by atoms with E-state index in [-0.39, 0.29) is 0 Å². The highest BCUT2D eigenvalue weighted by Gasteiger charge is 2.30. The van der Waals surface area contributed by atoms with Gasteiger partial charge in [-0.25, -0.2) is 29.0 Å². The molecule has 11 rings (SSSR count). The third-order valence-corrected chi connectivity index (χ3v) is 12.7. The van der Waals surface area contributed by atoms with Gasteiger partial charge in [0.2, 0.25) is 11.9 Å². The van der Waals surface area contributed by atoms with Gasteiger partial charge in [-0.2, -0.15) is 0 Å². The Labute approximate surface area is 374 Å². The van der Waals surface area contributed by atoms with Crippen LogP contribution >= 0.6 is 0 Å². The Morgan fingerprint density at radius 2 is 0.594 bits per heavy atom. The first-order chi connectivity index (χ1) is 31.6. The first kappa shape index (κ1) is 38.6. The maximum Gasteiger partial charge on any atom is 0.238 e. The van der Waals surface area contributed by atoms with Gasteiger partial charge >= 0.3 is 0 Å². The highest BCUT2D eigenvalue weighted by Crippen LogP contribution is 2.47. The van der Waals surface area contributed by atoms with E-state index >= 15 is 0 Å². The summed E-state index contributed by atoms with van der Waals surface area (Å²) in [5.41, 5.74) is 12.1. The van der Waals surface area contributed by atoms with Gasteiger partial charge in [-0.15, -0.1) is 0 Å². The lowest BCUT2D eigenvalue weighted by atomic mass is 10.0. The highest BCUT2D eigenvalue weighted by atomic mass is 32.2. The van der Waals surface area contributed by atoms with Crippen LogP contribution in [0.15, 0.2) is 240 Å². The second-order valence-electron chi connectivity index (χ2n) is 15.3. The number of benzene rings is 8. The summed E-state index contributed by atoms with van der Waals surface area (Å²) in [7, 11) is -1.52. The van der Waals surface area contributed by atoms with Gasteiger partial charge in [-0.05, 0) is 71.8 Å². The fourth-order valence-corrected chi connectivity index (χ4v) is 9.64. The number of rotatable bonds is 10. The van der Waals surface area contributed by atoms with Gasteiger partial charge < -0.3 is 4.90 Å². The Balaban J connectivity index is 1.10. The van der Waals surface area contributed by atoms with Crippen molar-refractivity contribution < 1.29 is 4.21 Å². The van der Waals surface area contributed by atoms with Crippen LogP contribution in [0.2, 0.25) is 0 Å². The van der Waals surface area contributed by atoms with E-state index in [0.29, 0.717) is 22.5 Å². The van der Waals surface area contributed by atoms with Crippen molar-refractivity contribution in [2.75, 3.05) is 9.80 Å². The lowest BCUT2D eigenvalue weighted by Crippen LogP contribution is -2.18. The molecule has 8 heteroatoms. The van der Waals surface area contributed by atoms with Crippen LogP contribution in [0.25, 0.3) is 56.2 Å². The van der Waals surface area contributed by atoms with Crippen LogP contribution < -0.4 is 9.80 Å². The van der Waals surface area contributed by atoms with E-state index in [2.05, 4.69) is 47.4 Å². The average Bonchev–Trinajstić information content (AvgIpc) is 3.65. The Hall–Kier alpha value is -8.33. The van der Waals surface area contributed by atoms with E-state index in [1.807, 2.05) is 193 Å². The van der Waals surface area contributed by atoms with Crippen molar-refractivity contribution in [2.45, 2.75) is 9.79 Å². The van der Waals surface area contributed by atoms with E-state index in [9.17, 15) is 4.21 Å². The van der Waals surface area contributed by atoms with Crippen LogP contribution in [0.1, 0.15) is 0 Å². The zero-order valence-electron chi connectivity index (χ0n) is 34.4. The van der Waals surface area contributed by atoms with Gasteiger partial charge in [0, 0.05) is 39.3 Å². The molecule has 0 radical (unpaired) electrons. The number of anilines is 6. The van der Waals surface area contributed by atoms with Crippen LogP contribution in [-0.4, -0.2) is 24.1 Å². The first-order valence-electron chi connectivity index (χ1n) is 21.1. The van der Waals surface area contributed by atoms with Crippen molar-refractivity contribution in [3.8, 4) is 56.2 Å². The Morgan fingerprint density at radius 1 is 0.297 bits per heavy atom. The monoisotopic (exact) mass is 842 g/mol. The lowest BCUT2D eigenvalue weighted by molar-refractivity contribution is 0.685. The molecule has 1 aliphatic rings. The Bertz CT molecular complexity index is 3000. The van der Waals surface area contributed by atoms with Gasteiger partial charge in [0.25, 0.3) is 0 Å². The van der Waals surface area contributed by atoms with Crippen LogP contribution in [0.5, 0.6) is 0 Å². The zero-order valence-corrected chi connectivity index (χ0v) is 35.3. The molecular formula is C56H38N6OS. The molecule has 1 unspecified atom stereocenters. The SMILES string of the molecule is O=S1c2cc(N(c3ccccc3)c3ccccc3)ccc2-c2ccc(N(c3nc(-c4ccccc4)cc(-c4ccccc4)n3)c3nc(-c4ccccc4)cc(-c4ccccc4)n3)cc21. The largest absolute Gasteiger partial charge is 0.310 e. The van der Waals surface area contributed by atoms with Crippen LogP contribution in [0, 0.1) is 0 Å². The van der Waals surface area contributed by atoms with Crippen molar-refractivity contribution in [1.82, 2.24) is 19.9 Å². The highest BCUT2D eigenvalue weighted by molar-refractivity contribution is 7.85. The molecule has 64 heavy (non-hydrogen) atoms. The summed E-state index contributed by atoms with van der Waals surface area (Å²) in [6, 6.07) is 77.3. The minimum Gasteiger partial charge on any atom is -0.310 e. The second-order valence-corrected chi connectivity index (χ2v) is 16.7. The summed E-state index contributed by atoms with van der Waals surface area (Å²) < 4.78 is 15.0. The topological polar surface area (TPSA) is 75.1 Å². The van der Waals surface area contributed by atoms with Crippen molar-refractivity contribution in [3.63, 3.8) is 0 Å². The molecule has 10 aromatic rings. The molecule has 0 spiro atoms. The minimum atomic E-state index is -1.52. The van der Waals surface area contributed by atoms with E-state index in [1.165, 1.54) is 0 Å². The Morgan fingerprint density at radius 3 is 0.922 bits per heavy atom. The molecule has 0 bridgehead atoms. The zero-order chi connectivity index (χ0) is 42.8. The Kier molecular flexibility index (Phi) is 10.2. The maximum atomic E-state index is 15.0. The van der Waals surface area contributed by atoms with Crippen molar-refractivity contribution >= 4 is 45.4 Å². The van der Waals surface area contributed by atoms with Gasteiger partial charge in [-0.1, -0.05) is 170 Å². The molecule has 3 heterocycles. The number of fused-ring (bicyclic) bond motifs is 3. The molecular weight excluding hydrogens is 805 g/mol. The third kappa shape index (κ3) is 7.42. The lowest BCUT2D eigenvalue weighted by Gasteiger charge is -2.25. The molecule has 1 aliphatic heterocycles. The molecule has 0 saturated heterocycles. The normalized spacial score (nSPS) is 12.6. The number of hydrogen-bond acceptors (Lipinski definition) is 7. The molecule has 304 valence electrons. The van der Waals surface area contributed by atoms with Crippen LogP contribution in [0.3, 0.4) is 0 Å². The predicted molar refractivity (Wildman–Crippen MR) is 259 cm³/mol. The fourth-order valence-electron chi connectivity index (χ4n) is 8.19. The molecule has 0 N–H and O–H groups in total. The number of hydrogen-bond donors (Lipinski definition) is 0. The summed E-state index contributed by atoms with van der Waals surface area (Å²) in [5, 5.41) is 0. The van der Waals surface area contributed by atoms with Gasteiger partial charge in [0.15, 0.2) is 0 Å². The van der Waals surface area contributed by atoms with Crippen molar-refractivity contribution in [1.29, 1.82) is 0 Å². The van der Waals surface area contributed by atoms with Gasteiger partial charge in [0.05, 0.1) is 49.1 Å². The number of nitrogens with zero attached hydrogens (tertiary/aromatic N) is 6. The standard InChI is InChI=1S/C56H38N6OS/c63-64-53-35-45(61(43-27-15-5-16-28-43)44-29-17-6-18-30-44)31-33-47(53)48-34-32-46(36-54(48)64)62(55-57-49(39-19-7-1-8-20-39)37-50(58-55)40-21-9-2-10-22-40)56-59-51(41-23-11-3-12-24-41)38-52(60-56)42-25-13-4-14-26-42/h1-38H. The number of aromatic nitrogens is 4. The summed E-state index contributed by atoms with van der Waals surface area (Å²) in [4.78, 5) is 26.6. The smallest absolute Gasteiger partial charge is 0.238 e. The minimum absolute atomic E-state index is 0.370. The molecule has 0 fully saturated rings. The van der Waals surface area contributed by atoms with E-state index in [4.69, 9.17) is 19.9 Å². The molecule has 0 amide bonds. The summed E-state index contributed by atoms with van der Waals surface area (Å²) in [6.45, 7) is 0. The fraction of sp³-hybridized carbons (Fsp3) is 0. The number of para-hydroxylation sites is 2. The van der Waals surface area contributed by atoms with Crippen molar-refractivity contribution in [3.05, 3.63) is 231 Å². The second kappa shape index (κ2) is 16.9. The van der Waals surface area contributed by atoms with Crippen LogP contribution in [0.4, 0.5) is 34.6 Å². The van der Waals surface area contributed by atoms with Crippen molar-refractivity contribution in [2.24, 2.45) is 0 Å². The average molecular weight is 843 g/mol. The van der Waals surface area contributed by atoms with Gasteiger partial charge in [0.1, 0.15) is 0 Å². The summed E-state index contributed by atoms with van der Waals surface area (Å²) in [6.07, 6.45) is 0. The quantitative estimate of drug-likeness (QED) is 0.136. The van der Waals surface area contributed by atoms with E-state index in [1.54, 1.807) is 0 Å². The molecule has 7 nitrogen and oxygen atoms in total. The third-order valence-electron chi connectivity index (χ3n) is 11.3. The van der Waals surface area contributed by atoms with Gasteiger partial charge in [-0.3, -0.25) is 0 Å². The molecule has 0 saturated carbocycles. The molecule has 2 aromatic heterocycles. The summed E-state index contributed by atoms with van der Waals surface area (Å²) >= 11 is 0. The summed E-state index contributed by atoms with van der Waals surface area (Å²) in [5.74, 6) is 0.739. The maximum absolute atomic E-state index is 15.0. The molecule has 1 atom stereocenters. The van der Waals surface area contributed by atoms with E-state index < -0.39 is 10.8 Å². The predicted octanol–water partition coefficient (Wildman–Crippen LogP) is 14.0. The molecule has 8 aromatic carbocycles. The first-order valence-corrected chi connectivity index (χ1v) is 22.2. The van der Waals surface area contributed by atoms with E-state index in [0.717, 1.165) is 78.1 Å². The van der Waals surface area contributed by atoms with Crippen LogP contribution in [-0.2, 0) is 10.8 Å².